The van der Waals surface area contributed by atoms with Gasteiger partial charge in [0.15, 0.2) is 5.78 Å². The molecule has 42 heavy (non-hydrogen) atoms. The Hall–Kier alpha value is -4.19. The van der Waals surface area contributed by atoms with E-state index in [1.165, 1.54) is 6.92 Å². The molecule has 1 saturated heterocycles. The third kappa shape index (κ3) is 4.27. The molecule has 0 unspecified atom stereocenters. The van der Waals surface area contributed by atoms with Crippen LogP contribution in [0.3, 0.4) is 0 Å². The van der Waals surface area contributed by atoms with E-state index in [0.717, 1.165) is 28.8 Å². The summed E-state index contributed by atoms with van der Waals surface area (Å²) in [6.07, 6.45) is 3.18. The lowest BCUT2D eigenvalue weighted by Gasteiger charge is -2.27. The van der Waals surface area contributed by atoms with E-state index < -0.39 is 6.04 Å². The maximum absolute atomic E-state index is 13.9. The number of fused-ring (bicyclic) bond motifs is 5. The Kier molecular flexibility index (Phi) is 5.98. The molecule has 0 radical (unpaired) electrons. The smallest absolute Gasteiger partial charge is 0.248 e. The minimum Gasteiger partial charge on any atom is -0.487 e. The molecule has 1 N–H and O–H groups in total. The van der Waals surface area contributed by atoms with Gasteiger partial charge in [0, 0.05) is 41.7 Å². The molecule has 214 valence electrons. The number of halogens is 1. The number of ketones is 1. The van der Waals surface area contributed by atoms with Crippen LogP contribution in [0.2, 0.25) is 0 Å². The highest BCUT2D eigenvalue weighted by Gasteiger charge is 2.64. The Balaban J connectivity index is 1.22. The molecule has 1 aliphatic carbocycles. The average molecular weight is 631 g/mol. The minimum atomic E-state index is -0.633. The number of anilines is 1. The highest BCUT2D eigenvalue weighted by Crippen LogP contribution is 2.59. The fourth-order valence-electron chi connectivity index (χ4n) is 6.31. The number of pyridine rings is 1. The summed E-state index contributed by atoms with van der Waals surface area (Å²) in [6.45, 7) is 7.44. The van der Waals surface area contributed by atoms with E-state index in [0.29, 0.717) is 45.9 Å². The molecule has 11 nitrogen and oxygen atoms in total. The van der Waals surface area contributed by atoms with E-state index >= 15 is 0 Å². The SMILES string of the molecule is CC(=O)c1nn(CC(=O)N2[C@H](C(=O)Nc3nc(Br)ccc3C)C[C@@]3(C)C[C@@H]23)c2cc3c(cc12)-c1cnc(C)nc1CO3. The normalized spacial score (nSPS) is 21.8. The van der Waals surface area contributed by atoms with E-state index in [1.54, 1.807) is 15.8 Å². The van der Waals surface area contributed by atoms with Crippen molar-refractivity contribution >= 4 is 50.2 Å². The maximum Gasteiger partial charge on any atom is 0.248 e. The molecule has 2 amide bonds. The fourth-order valence-corrected chi connectivity index (χ4v) is 6.62. The maximum atomic E-state index is 13.9. The number of piperidine rings is 1. The molecule has 2 fully saturated rings. The number of rotatable bonds is 5. The molecule has 12 heteroatoms. The number of hydrogen-bond acceptors (Lipinski definition) is 8. The van der Waals surface area contributed by atoms with Gasteiger partial charge in [0.05, 0.1) is 11.2 Å². The summed E-state index contributed by atoms with van der Waals surface area (Å²) < 4.78 is 8.19. The molecule has 0 spiro atoms. The molecule has 3 aliphatic rings. The molecule has 5 heterocycles. The molecule has 3 atom stereocenters. The molecule has 2 aliphatic heterocycles. The van der Waals surface area contributed by atoms with Gasteiger partial charge in [0.1, 0.15) is 46.9 Å². The van der Waals surface area contributed by atoms with Crippen molar-refractivity contribution in [3.8, 4) is 16.9 Å². The summed E-state index contributed by atoms with van der Waals surface area (Å²) in [4.78, 5) is 55.0. The first kappa shape index (κ1) is 26.7. The molecule has 7 rings (SSSR count). The van der Waals surface area contributed by atoms with Crippen LogP contribution in [-0.2, 0) is 22.7 Å². The van der Waals surface area contributed by atoms with Gasteiger partial charge in [0.25, 0.3) is 0 Å². The highest BCUT2D eigenvalue weighted by molar-refractivity contribution is 9.10. The van der Waals surface area contributed by atoms with Crippen molar-refractivity contribution in [2.45, 2.75) is 65.8 Å². The second-order valence-electron chi connectivity index (χ2n) is 11.7. The molecule has 3 aromatic heterocycles. The van der Waals surface area contributed by atoms with E-state index in [4.69, 9.17) is 4.74 Å². The number of Topliss-reactive ketones (excluding diaryl/α,β-unsaturated/α-hetero) is 1. The van der Waals surface area contributed by atoms with Crippen LogP contribution in [0.4, 0.5) is 5.82 Å². The topological polar surface area (TPSA) is 132 Å². The quantitative estimate of drug-likeness (QED) is 0.254. The molecule has 4 aromatic rings. The van der Waals surface area contributed by atoms with Crippen molar-refractivity contribution in [3.63, 3.8) is 0 Å². The van der Waals surface area contributed by atoms with Crippen molar-refractivity contribution in [1.29, 1.82) is 0 Å². The van der Waals surface area contributed by atoms with Crippen LogP contribution < -0.4 is 10.1 Å². The molecular weight excluding hydrogens is 602 g/mol. The summed E-state index contributed by atoms with van der Waals surface area (Å²) in [6, 6.07) is 6.70. The fraction of sp³-hybridized carbons (Fsp3) is 0.367. The van der Waals surface area contributed by atoms with Crippen LogP contribution in [0.15, 0.2) is 35.1 Å². The van der Waals surface area contributed by atoms with Crippen LogP contribution in [0.1, 0.15) is 54.3 Å². The van der Waals surface area contributed by atoms with Crippen LogP contribution in [-0.4, -0.2) is 59.3 Å². The number of aryl methyl sites for hydroxylation is 2. The number of nitrogens with one attached hydrogen (secondary N) is 1. The minimum absolute atomic E-state index is 0.0255. The van der Waals surface area contributed by atoms with Crippen LogP contribution in [0.25, 0.3) is 22.0 Å². The first-order valence-electron chi connectivity index (χ1n) is 13.8. The monoisotopic (exact) mass is 629 g/mol. The van der Waals surface area contributed by atoms with Gasteiger partial charge in [-0.25, -0.2) is 15.0 Å². The van der Waals surface area contributed by atoms with E-state index in [9.17, 15) is 14.4 Å². The zero-order valence-electron chi connectivity index (χ0n) is 23.6. The Morgan fingerprint density at radius 1 is 1.14 bits per heavy atom. The predicted molar refractivity (Wildman–Crippen MR) is 157 cm³/mol. The van der Waals surface area contributed by atoms with Crippen molar-refractivity contribution in [2.75, 3.05) is 5.32 Å². The largest absolute Gasteiger partial charge is 0.487 e. The molecule has 0 bridgehead atoms. The van der Waals surface area contributed by atoms with E-state index in [-0.39, 0.29) is 41.3 Å². The summed E-state index contributed by atoms with van der Waals surface area (Å²) in [5, 5.41) is 8.12. The van der Waals surface area contributed by atoms with Gasteiger partial charge in [0.2, 0.25) is 11.8 Å². The summed E-state index contributed by atoms with van der Waals surface area (Å²) in [5.74, 6) is 1.01. The van der Waals surface area contributed by atoms with Gasteiger partial charge in [-0.2, -0.15) is 5.10 Å². The number of carbonyl (C=O) groups is 3. The molecular formula is C30H28BrN7O4. The lowest BCUT2D eigenvalue weighted by atomic mass is 9.99. The van der Waals surface area contributed by atoms with Crippen LogP contribution in [0, 0.1) is 19.3 Å². The van der Waals surface area contributed by atoms with Gasteiger partial charge in [-0.3, -0.25) is 19.1 Å². The number of aromatic nitrogens is 5. The Morgan fingerprint density at radius 2 is 1.95 bits per heavy atom. The van der Waals surface area contributed by atoms with Gasteiger partial charge >= 0.3 is 0 Å². The predicted octanol–water partition coefficient (Wildman–Crippen LogP) is 4.38. The lowest BCUT2D eigenvalue weighted by molar-refractivity contribution is -0.138. The summed E-state index contributed by atoms with van der Waals surface area (Å²) in [7, 11) is 0. The summed E-state index contributed by atoms with van der Waals surface area (Å²) >= 11 is 3.36. The second kappa shape index (κ2) is 9.41. The van der Waals surface area contributed by atoms with Crippen molar-refractivity contribution in [3.05, 3.63) is 57.8 Å². The van der Waals surface area contributed by atoms with E-state index in [1.807, 2.05) is 38.1 Å². The van der Waals surface area contributed by atoms with Crippen LogP contribution >= 0.6 is 15.9 Å². The van der Waals surface area contributed by atoms with Gasteiger partial charge in [-0.05, 0) is 65.7 Å². The second-order valence-corrected chi connectivity index (χ2v) is 12.5. The third-order valence-electron chi connectivity index (χ3n) is 8.64. The zero-order valence-corrected chi connectivity index (χ0v) is 25.2. The molecule has 1 saturated carbocycles. The Labute approximate surface area is 249 Å². The third-order valence-corrected chi connectivity index (χ3v) is 9.09. The van der Waals surface area contributed by atoms with Crippen molar-refractivity contribution in [1.82, 2.24) is 29.6 Å². The standard InChI is InChI=1S/C30H28BrN7O4/c1-14-5-6-25(31)34-28(14)35-29(41)22-9-30(4)10-24(30)38(22)26(40)12-37-21-8-23-17(7-18(21)27(36-37)15(2)39)19-11-32-16(3)33-20(19)13-42-23/h5-8,11,22,24H,9-10,12-13H2,1-4H3,(H,34,35,41)/t22-,24+,30-/m0/s1. The number of carbonyl (C=O) groups excluding carboxylic acids is 3. The zero-order chi connectivity index (χ0) is 29.5. The number of benzene rings is 1. The van der Waals surface area contributed by atoms with Crippen molar-refractivity contribution in [2.24, 2.45) is 5.41 Å². The first-order valence-corrected chi connectivity index (χ1v) is 14.6. The first-order chi connectivity index (χ1) is 20.0. The van der Waals surface area contributed by atoms with Gasteiger partial charge in [-0.1, -0.05) is 13.0 Å². The molecule has 1 aromatic carbocycles. The Morgan fingerprint density at radius 3 is 2.74 bits per heavy atom. The number of amides is 2. The van der Waals surface area contributed by atoms with Gasteiger partial charge < -0.3 is 15.0 Å². The Bertz CT molecular complexity index is 1850. The van der Waals surface area contributed by atoms with Crippen molar-refractivity contribution < 1.29 is 19.1 Å². The lowest BCUT2D eigenvalue weighted by Crippen LogP contribution is -2.47. The summed E-state index contributed by atoms with van der Waals surface area (Å²) in [5.41, 5.74) is 4.00. The number of hydrogen-bond donors (Lipinski definition) is 1. The number of nitrogens with zero attached hydrogens (tertiary/aromatic N) is 6. The highest BCUT2D eigenvalue weighted by atomic mass is 79.9. The number of ether oxygens (including phenoxy) is 1. The van der Waals surface area contributed by atoms with Crippen LogP contribution in [0.5, 0.6) is 5.75 Å². The number of likely N-dealkylation sites (tertiary alicyclic amines) is 1. The van der Waals surface area contributed by atoms with E-state index in [2.05, 4.69) is 48.2 Å². The average Bonchev–Trinajstić information content (AvgIpc) is 3.32. The van der Waals surface area contributed by atoms with Gasteiger partial charge in [-0.15, -0.1) is 0 Å².